The third kappa shape index (κ3) is 3.70. The van der Waals surface area contributed by atoms with Crippen LogP contribution in [0.2, 0.25) is 0 Å². The first kappa shape index (κ1) is 17.3. The van der Waals surface area contributed by atoms with Crippen molar-refractivity contribution in [3.8, 4) is 11.3 Å². The Balaban J connectivity index is 1.92. The number of benzene rings is 3. The molecule has 2 heteroatoms. The summed E-state index contributed by atoms with van der Waals surface area (Å²) in [5, 5.41) is 2.01. The summed E-state index contributed by atoms with van der Waals surface area (Å²) in [7, 11) is 0. The molecular weight excluding hydrogens is 330 g/mol. The second-order valence-electron chi connectivity index (χ2n) is 7.08. The van der Waals surface area contributed by atoms with E-state index < -0.39 is 0 Å². The highest BCUT2D eigenvalue weighted by Gasteiger charge is 2.08. The van der Waals surface area contributed by atoms with Crippen molar-refractivity contribution in [2.45, 2.75) is 26.8 Å². The monoisotopic (exact) mass is 353 g/mol. The van der Waals surface area contributed by atoms with Crippen LogP contribution < -0.4 is 5.36 Å². The molecule has 4 aromatic rings. The molecule has 1 heterocycles. The van der Waals surface area contributed by atoms with Gasteiger partial charge in [0.1, 0.15) is 11.3 Å². The Morgan fingerprint density at radius 1 is 0.778 bits per heavy atom. The van der Waals surface area contributed by atoms with Crippen LogP contribution in [0.25, 0.3) is 22.3 Å². The van der Waals surface area contributed by atoms with Crippen LogP contribution in [0.3, 0.4) is 0 Å². The summed E-state index contributed by atoms with van der Waals surface area (Å²) < 4.78 is 6.21. The maximum absolute atomic E-state index is 6.21. The zero-order chi connectivity index (χ0) is 18.8. The van der Waals surface area contributed by atoms with Crippen molar-refractivity contribution in [1.82, 2.24) is 0 Å². The number of fused-ring (bicyclic) bond motifs is 1. The molecule has 0 aliphatic heterocycles. The lowest BCUT2D eigenvalue weighted by Gasteiger charge is -2.09. The smallest absolute Gasteiger partial charge is 0.136 e. The predicted octanol–water partition coefficient (Wildman–Crippen LogP) is 6.38. The van der Waals surface area contributed by atoms with Gasteiger partial charge < -0.3 is 4.42 Å². The SMILES string of the molecule is Cc1ccc(-c2cc(=N[C@@H](C)c3ccccc3)c3cc(C)ccc3o2)cc1. The molecular formula is C25H23NO. The Bertz CT molecular complexity index is 1140. The van der Waals surface area contributed by atoms with Crippen LogP contribution in [0.4, 0.5) is 0 Å². The number of hydrogen-bond donors (Lipinski definition) is 0. The minimum Gasteiger partial charge on any atom is -0.456 e. The number of rotatable bonds is 3. The predicted molar refractivity (Wildman–Crippen MR) is 112 cm³/mol. The standard InChI is InChI=1S/C25H23NO/c1-17-9-12-21(13-10-17)25-16-23(22-15-18(2)11-14-24(22)27-25)26-19(3)20-7-5-4-6-8-20/h4-16,19H,1-3H3/t19-/m0/s1. The van der Waals surface area contributed by atoms with E-state index in [-0.39, 0.29) is 6.04 Å². The van der Waals surface area contributed by atoms with E-state index in [4.69, 9.17) is 9.41 Å². The van der Waals surface area contributed by atoms with E-state index in [1.807, 2.05) is 12.1 Å². The second-order valence-corrected chi connectivity index (χ2v) is 7.08. The number of aryl methyl sites for hydroxylation is 2. The molecule has 0 spiro atoms. The van der Waals surface area contributed by atoms with Gasteiger partial charge in [0.05, 0.1) is 11.4 Å². The van der Waals surface area contributed by atoms with Gasteiger partial charge in [-0.3, -0.25) is 4.99 Å². The zero-order valence-corrected chi connectivity index (χ0v) is 15.9. The molecule has 1 aromatic heterocycles. The average molecular weight is 353 g/mol. The highest BCUT2D eigenvalue weighted by Crippen LogP contribution is 2.24. The molecule has 0 N–H and O–H groups in total. The van der Waals surface area contributed by atoms with Crippen LogP contribution in [0.15, 0.2) is 88.3 Å². The maximum Gasteiger partial charge on any atom is 0.136 e. The van der Waals surface area contributed by atoms with Gasteiger partial charge in [-0.05, 0) is 38.5 Å². The van der Waals surface area contributed by atoms with Gasteiger partial charge in [-0.15, -0.1) is 0 Å². The summed E-state index contributed by atoms with van der Waals surface area (Å²) in [6, 6.07) is 27.2. The van der Waals surface area contributed by atoms with Crippen LogP contribution in [0.5, 0.6) is 0 Å². The van der Waals surface area contributed by atoms with E-state index >= 15 is 0 Å². The first-order valence-electron chi connectivity index (χ1n) is 9.30. The van der Waals surface area contributed by atoms with Crippen molar-refractivity contribution in [2.75, 3.05) is 0 Å². The summed E-state index contributed by atoms with van der Waals surface area (Å²) in [6.45, 7) is 6.32. The van der Waals surface area contributed by atoms with E-state index in [1.165, 1.54) is 16.7 Å². The van der Waals surface area contributed by atoms with Crippen molar-refractivity contribution in [3.05, 3.63) is 101 Å². The molecule has 4 rings (SSSR count). The van der Waals surface area contributed by atoms with E-state index in [9.17, 15) is 0 Å². The Kier molecular flexibility index (Phi) is 4.64. The van der Waals surface area contributed by atoms with E-state index in [2.05, 4.69) is 87.5 Å². The first-order chi connectivity index (χ1) is 13.1. The van der Waals surface area contributed by atoms with Crippen molar-refractivity contribution in [1.29, 1.82) is 0 Å². The minimum atomic E-state index is 0.0724. The summed E-state index contributed by atoms with van der Waals surface area (Å²) >= 11 is 0. The van der Waals surface area contributed by atoms with Gasteiger partial charge in [0, 0.05) is 17.0 Å². The van der Waals surface area contributed by atoms with Gasteiger partial charge in [0.15, 0.2) is 0 Å². The molecule has 0 fully saturated rings. The molecule has 0 radical (unpaired) electrons. The fourth-order valence-corrected chi connectivity index (χ4v) is 3.26. The van der Waals surface area contributed by atoms with Gasteiger partial charge in [-0.1, -0.05) is 71.8 Å². The van der Waals surface area contributed by atoms with Crippen LogP contribution in [0, 0.1) is 13.8 Å². The molecule has 0 bridgehead atoms. The Hall–Kier alpha value is -3.13. The van der Waals surface area contributed by atoms with Gasteiger partial charge in [0.25, 0.3) is 0 Å². The van der Waals surface area contributed by atoms with Crippen molar-refractivity contribution >= 4 is 11.0 Å². The first-order valence-corrected chi connectivity index (χ1v) is 9.30. The highest BCUT2D eigenvalue weighted by atomic mass is 16.3. The van der Waals surface area contributed by atoms with E-state index in [1.54, 1.807) is 0 Å². The topological polar surface area (TPSA) is 25.5 Å². The fraction of sp³-hybridized carbons (Fsp3) is 0.160. The molecule has 2 nitrogen and oxygen atoms in total. The molecule has 0 unspecified atom stereocenters. The quantitative estimate of drug-likeness (QED) is 0.419. The molecule has 0 aliphatic carbocycles. The maximum atomic E-state index is 6.21. The van der Waals surface area contributed by atoms with Crippen LogP contribution in [-0.4, -0.2) is 0 Å². The third-order valence-corrected chi connectivity index (χ3v) is 4.85. The average Bonchev–Trinajstić information content (AvgIpc) is 2.69. The third-order valence-electron chi connectivity index (χ3n) is 4.85. The molecule has 134 valence electrons. The Labute approximate surface area is 159 Å². The fourth-order valence-electron chi connectivity index (χ4n) is 3.26. The summed E-state index contributed by atoms with van der Waals surface area (Å²) in [5.41, 5.74) is 5.56. The van der Waals surface area contributed by atoms with Crippen molar-refractivity contribution in [3.63, 3.8) is 0 Å². The zero-order valence-electron chi connectivity index (χ0n) is 15.9. The van der Waals surface area contributed by atoms with Crippen molar-refractivity contribution < 1.29 is 4.42 Å². The summed E-state index contributed by atoms with van der Waals surface area (Å²) in [6.07, 6.45) is 0. The number of nitrogens with zero attached hydrogens (tertiary/aromatic N) is 1. The van der Waals surface area contributed by atoms with Gasteiger partial charge in [-0.2, -0.15) is 0 Å². The molecule has 0 saturated carbocycles. The van der Waals surface area contributed by atoms with Crippen LogP contribution >= 0.6 is 0 Å². The Morgan fingerprint density at radius 3 is 2.22 bits per heavy atom. The molecule has 0 amide bonds. The molecule has 1 atom stereocenters. The molecule has 3 aromatic carbocycles. The van der Waals surface area contributed by atoms with Crippen LogP contribution in [0.1, 0.15) is 29.7 Å². The lowest BCUT2D eigenvalue weighted by atomic mass is 10.1. The lowest BCUT2D eigenvalue weighted by molar-refractivity contribution is 0.617. The van der Waals surface area contributed by atoms with Crippen LogP contribution in [-0.2, 0) is 0 Å². The second kappa shape index (κ2) is 7.24. The summed E-state index contributed by atoms with van der Waals surface area (Å²) in [5.74, 6) is 0.838. The van der Waals surface area contributed by atoms with E-state index in [0.29, 0.717) is 0 Å². The summed E-state index contributed by atoms with van der Waals surface area (Å²) in [4.78, 5) is 5.04. The van der Waals surface area contributed by atoms with Gasteiger partial charge >= 0.3 is 0 Å². The van der Waals surface area contributed by atoms with Gasteiger partial charge in [0.2, 0.25) is 0 Å². The highest BCUT2D eigenvalue weighted by molar-refractivity contribution is 5.79. The van der Waals surface area contributed by atoms with Gasteiger partial charge in [-0.25, -0.2) is 0 Å². The molecule has 0 aliphatic rings. The minimum absolute atomic E-state index is 0.0724. The van der Waals surface area contributed by atoms with Crippen molar-refractivity contribution in [2.24, 2.45) is 4.99 Å². The number of hydrogen-bond acceptors (Lipinski definition) is 2. The molecule has 0 saturated heterocycles. The largest absolute Gasteiger partial charge is 0.456 e. The normalized spacial score (nSPS) is 13.1. The van der Waals surface area contributed by atoms with E-state index in [0.717, 1.165) is 27.7 Å². The molecule has 27 heavy (non-hydrogen) atoms. The lowest BCUT2D eigenvalue weighted by Crippen LogP contribution is -2.07. The Morgan fingerprint density at radius 2 is 1.48 bits per heavy atom.